The number of rotatable bonds is 5. The summed E-state index contributed by atoms with van der Waals surface area (Å²) in [6, 6.07) is 17.4. The van der Waals surface area contributed by atoms with E-state index in [2.05, 4.69) is 35.5 Å². The third kappa shape index (κ3) is 4.44. The molecule has 0 aliphatic heterocycles. The Morgan fingerprint density at radius 1 is 0.963 bits per heavy atom. The van der Waals surface area contributed by atoms with Crippen molar-refractivity contribution in [2.24, 2.45) is 0 Å². The standard InChI is InChI=1S/C22H24N4O/c1-15-6-5-7-20(16(15)2)25-21-13-8-17(14-23-21)22(27)24-18-9-11-19(12-10-18)26(3)4/h5-14H,1-4H3,(H,23,25)(H,24,27). The predicted molar refractivity (Wildman–Crippen MR) is 112 cm³/mol. The maximum atomic E-state index is 12.4. The van der Waals surface area contributed by atoms with Gasteiger partial charge in [-0.25, -0.2) is 4.98 Å². The van der Waals surface area contributed by atoms with Crippen molar-refractivity contribution < 1.29 is 4.79 Å². The molecule has 5 nitrogen and oxygen atoms in total. The normalized spacial score (nSPS) is 10.4. The molecule has 27 heavy (non-hydrogen) atoms. The summed E-state index contributed by atoms with van der Waals surface area (Å²) < 4.78 is 0. The maximum absolute atomic E-state index is 12.4. The summed E-state index contributed by atoms with van der Waals surface area (Å²) in [5.74, 6) is 0.522. The molecule has 0 atom stereocenters. The Kier molecular flexibility index (Phi) is 5.41. The summed E-state index contributed by atoms with van der Waals surface area (Å²) in [5.41, 5.74) is 5.76. The van der Waals surface area contributed by atoms with Crippen LogP contribution in [0.2, 0.25) is 0 Å². The minimum absolute atomic E-state index is 0.182. The first-order valence-corrected chi connectivity index (χ1v) is 8.82. The number of pyridine rings is 1. The first kappa shape index (κ1) is 18.5. The minimum atomic E-state index is -0.182. The van der Waals surface area contributed by atoms with Crippen LogP contribution in [0.5, 0.6) is 0 Å². The molecule has 0 saturated carbocycles. The second-order valence-corrected chi connectivity index (χ2v) is 6.70. The van der Waals surface area contributed by atoms with E-state index in [9.17, 15) is 4.79 Å². The summed E-state index contributed by atoms with van der Waals surface area (Å²) in [7, 11) is 3.96. The molecule has 0 bridgehead atoms. The summed E-state index contributed by atoms with van der Waals surface area (Å²) in [6.45, 7) is 4.15. The Hall–Kier alpha value is -3.34. The molecule has 5 heteroatoms. The summed E-state index contributed by atoms with van der Waals surface area (Å²) in [6.07, 6.45) is 1.58. The van der Waals surface area contributed by atoms with E-state index in [1.54, 1.807) is 12.3 Å². The number of carbonyl (C=O) groups excluding carboxylic acids is 1. The number of aryl methyl sites for hydroxylation is 1. The van der Waals surface area contributed by atoms with Gasteiger partial charge in [-0.3, -0.25) is 4.79 Å². The highest BCUT2D eigenvalue weighted by molar-refractivity contribution is 6.04. The monoisotopic (exact) mass is 360 g/mol. The summed E-state index contributed by atoms with van der Waals surface area (Å²) in [4.78, 5) is 18.8. The molecule has 0 unspecified atom stereocenters. The molecular weight excluding hydrogens is 336 g/mol. The van der Waals surface area contributed by atoms with Crippen molar-refractivity contribution >= 4 is 28.8 Å². The topological polar surface area (TPSA) is 57.3 Å². The van der Waals surface area contributed by atoms with Crippen LogP contribution in [0.3, 0.4) is 0 Å². The lowest BCUT2D eigenvalue weighted by atomic mass is 10.1. The number of anilines is 4. The van der Waals surface area contributed by atoms with Crippen molar-refractivity contribution in [2.75, 3.05) is 29.6 Å². The van der Waals surface area contributed by atoms with Crippen LogP contribution >= 0.6 is 0 Å². The van der Waals surface area contributed by atoms with E-state index in [0.717, 1.165) is 17.1 Å². The van der Waals surface area contributed by atoms with Crippen molar-refractivity contribution in [3.8, 4) is 0 Å². The van der Waals surface area contributed by atoms with Crippen LogP contribution in [-0.4, -0.2) is 25.0 Å². The van der Waals surface area contributed by atoms with Crippen LogP contribution in [0.1, 0.15) is 21.5 Å². The Morgan fingerprint density at radius 3 is 2.33 bits per heavy atom. The number of benzene rings is 2. The van der Waals surface area contributed by atoms with E-state index >= 15 is 0 Å². The van der Waals surface area contributed by atoms with Crippen LogP contribution in [0.4, 0.5) is 22.9 Å². The van der Waals surface area contributed by atoms with Gasteiger partial charge in [0.2, 0.25) is 0 Å². The van der Waals surface area contributed by atoms with Gasteiger partial charge in [-0.1, -0.05) is 12.1 Å². The molecule has 0 spiro atoms. The first-order chi connectivity index (χ1) is 12.9. The molecule has 2 aromatic carbocycles. The number of nitrogens with one attached hydrogen (secondary N) is 2. The molecule has 3 aromatic rings. The number of hydrogen-bond donors (Lipinski definition) is 2. The van der Waals surface area contributed by atoms with E-state index < -0.39 is 0 Å². The molecule has 3 rings (SSSR count). The smallest absolute Gasteiger partial charge is 0.257 e. The van der Waals surface area contributed by atoms with Gasteiger partial charge in [0.05, 0.1) is 5.56 Å². The molecule has 1 amide bonds. The van der Waals surface area contributed by atoms with Gasteiger partial charge in [0, 0.05) is 37.4 Å². The Labute approximate surface area is 160 Å². The Balaban J connectivity index is 1.67. The van der Waals surface area contributed by atoms with E-state index in [-0.39, 0.29) is 5.91 Å². The van der Waals surface area contributed by atoms with Gasteiger partial charge in [0.25, 0.3) is 5.91 Å². The third-order valence-corrected chi connectivity index (χ3v) is 4.53. The van der Waals surface area contributed by atoms with E-state index in [1.807, 2.05) is 61.5 Å². The van der Waals surface area contributed by atoms with Crippen LogP contribution in [0.15, 0.2) is 60.8 Å². The fourth-order valence-electron chi connectivity index (χ4n) is 2.67. The molecule has 1 heterocycles. The molecule has 0 aliphatic rings. The van der Waals surface area contributed by atoms with Crippen molar-refractivity contribution in [1.82, 2.24) is 4.98 Å². The van der Waals surface area contributed by atoms with Crippen molar-refractivity contribution in [2.45, 2.75) is 13.8 Å². The molecule has 0 radical (unpaired) electrons. The molecule has 2 N–H and O–H groups in total. The summed E-state index contributed by atoms with van der Waals surface area (Å²) in [5, 5.41) is 6.19. The third-order valence-electron chi connectivity index (χ3n) is 4.53. The van der Waals surface area contributed by atoms with Crippen molar-refractivity contribution in [3.05, 3.63) is 77.5 Å². The highest BCUT2D eigenvalue weighted by atomic mass is 16.1. The second kappa shape index (κ2) is 7.91. The lowest BCUT2D eigenvalue weighted by molar-refractivity contribution is 0.102. The lowest BCUT2D eigenvalue weighted by Gasteiger charge is -2.13. The Morgan fingerprint density at radius 2 is 1.70 bits per heavy atom. The van der Waals surface area contributed by atoms with Crippen molar-refractivity contribution in [1.29, 1.82) is 0 Å². The molecule has 0 saturated heterocycles. The van der Waals surface area contributed by atoms with Crippen LogP contribution in [0.25, 0.3) is 0 Å². The molecule has 0 fully saturated rings. The van der Waals surface area contributed by atoms with Crippen LogP contribution < -0.4 is 15.5 Å². The largest absolute Gasteiger partial charge is 0.378 e. The van der Waals surface area contributed by atoms with Gasteiger partial charge in [-0.2, -0.15) is 0 Å². The zero-order valence-electron chi connectivity index (χ0n) is 16.1. The zero-order chi connectivity index (χ0) is 19.4. The van der Waals surface area contributed by atoms with Gasteiger partial charge >= 0.3 is 0 Å². The van der Waals surface area contributed by atoms with Gasteiger partial charge < -0.3 is 15.5 Å². The zero-order valence-corrected chi connectivity index (χ0v) is 16.1. The number of amides is 1. The van der Waals surface area contributed by atoms with Gasteiger partial charge in [-0.15, -0.1) is 0 Å². The molecule has 1 aromatic heterocycles. The fraction of sp³-hybridized carbons (Fsp3) is 0.182. The highest BCUT2D eigenvalue weighted by Crippen LogP contribution is 2.22. The number of carbonyl (C=O) groups is 1. The average Bonchev–Trinajstić information content (AvgIpc) is 2.66. The number of aromatic nitrogens is 1. The molecular formula is C22H24N4O. The van der Waals surface area contributed by atoms with E-state index in [1.165, 1.54) is 11.1 Å². The highest BCUT2D eigenvalue weighted by Gasteiger charge is 2.08. The van der Waals surface area contributed by atoms with Crippen LogP contribution in [-0.2, 0) is 0 Å². The van der Waals surface area contributed by atoms with Crippen LogP contribution in [0, 0.1) is 13.8 Å². The molecule has 0 aliphatic carbocycles. The van der Waals surface area contributed by atoms with Crippen molar-refractivity contribution in [3.63, 3.8) is 0 Å². The summed E-state index contributed by atoms with van der Waals surface area (Å²) >= 11 is 0. The van der Waals surface area contributed by atoms with Gasteiger partial charge in [0.1, 0.15) is 5.82 Å². The maximum Gasteiger partial charge on any atom is 0.257 e. The lowest BCUT2D eigenvalue weighted by Crippen LogP contribution is -2.13. The van der Waals surface area contributed by atoms with Gasteiger partial charge in [0.15, 0.2) is 0 Å². The first-order valence-electron chi connectivity index (χ1n) is 8.82. The Bertz CT molecular complexity index is 932. The number of hydrogen-bond acceptors (Lipinski definition) is 4. The van der Waals surface area contributed by atoms with E-state index in [0.29, 0.717) is 11.4 Å². The quantitative estimate of drug-likeness (QED) is 0.689. The van der Waals surface area contributed by atoms with Gasteiger partial charge in [-0.05, 0) is 67.4 Å². The fourth-order valence-corrected chi connectivity index (χ4v) is 2.67. The van der Waals surface area contributed by atoms with E-state index in [4.69, 9.17) is 0 Å². The average molecular weight is 360 g/mol. The predicted octanol–water partition coefficient (Wildman–Crippen LogP) is 4.76. The SMILES string of the molecule is Cc1cccc(Nc2ccc(C(=O)Nc3ccc(N(C)C)cc3)cn2)c1C. The second-order valence-electron chi connectivity index (χ2n) is 6.70. The molecule has 138 valence electrons. The number of nitrogens with zero attached hydrogens (tertiary/aromatic N) is 2. The minimum Gasteiger partial charge on any atom is -0.378 e.